The van der Waals surface area contributed by atoms with Crippen molar-refractivity contribution in [2.24, 2.45) is 0 Å². The van der Waals surface area contributed by atoms with Gasteiger partial charge in [-0.05, 0) is 102 Å². The lowest BCUT2D eigenvalue weighted by atomic mass is 10.0. The summed E-state index contributed by atoms with van der Waals surface area (Å²) in [5.41, 5.74) is 0. The second kappa shape index (κ2) is 54.5. The Hall–Kier alpha value is -2.81. The maximum atomic E-state index is 13.5. The van der Waals surface area contributed by atoms with Gasteiger partial charge in [0.25, 0.3) is 7.82 Å². The summed E-state index contributed by atoms with van der Waals surface area (Å²) in [7, 11) is 1.14. The van der Waals surface area contributed by atoms with Gasteiger partial charge in [0.05, 0.1) is 33.8 Å². The lowest BCUT2D eigenvalue weighted by molar-refractivity contribution is -0.870. The number of esters is 1. The predicted molar refractivity (Wildman–Crippen MR) is 321 cm³/mol. The molecule has 3 atom stereocenters. The normalized spacial score (nSPS) is 14.3. The van der Waals surface area contributed by atoms with Crippen LogP contribution in [0.1, 0.15) is 265 Å². The van der Waals surface area contributed by atoms with Gasteiger partial charge in [0, 0.05) is 12.8 Å². The van der Waals surface area contributed by atoms with E-state index in [1.54, 1.807) is 0 Å². The minimum absolute atomic E-state index is 0.0356. The molecular formula is C65H117N2O7P. The van der Waals surface area contributed by atoms with E-state index in [0.29, 0.717) is 17.4 Å². The maximum Gasteiger partial charge on any atom is 0.306 e. The smallest absolute Gasteiger partial charge is 0.306 e. The van der Waals surface area contributed by atoms with Crippen LogP contribution in [0.3, 0.4) is 0 Å². The first kappa shape index (κ1) is 72.2. The van der Waals surface area contributed by atoms with E-state index in [1.807, 2.05) is 33.3 Å². The van der Waals surface area contributed by atoms with Crippen LogP contribution in [0.15, 0.2) is 85.1 Å². The van der Waals surface area contributed by atoms with Crippen molar-refractivity contribution >= 4 is 19.7 Å². The number of nitrogens with one attached hydrogen (secondary N) is 1. The fraction of sp³-hybridized carbons (Fsp3) is 0.754. The van der Waals surface area contributed by atoms with Gasteiger partial charge in [-0.1, -0.05) is 235 Å². The Bertz CT molecular complexity index is 1560. The second-order valence-electron chi connectivity index (χ2n) is 21.8. The van der Waals surface area contributed by atoms with Crippen LogP contribution < -0.4 is 10.2 Å². The fourth-order valence-corrected chi connectivity index (χ4v) is 9.21. The number of phosphoric acid groups is 1. The fourth-order valence-electron chi connectivity index (χ4n) is 8.49. The van der Waals surface area contributed by atoms with Crippen LogP contribution in [-0.2, 0) is 27.9 Å². The molecule has 1 amide bonds. The van der Waals surface area contributed by atoms with E-state index in [0.717, 1.165) is 77.0 Å². The standard InChI is InChI=1S/C65H117N2O7P/c1-7-10-13-16-19-22-25-27-29-31-32-33-34-36-38-40-43-46-49-52-55-58-65(69)74-63(56-53-50-47-44-41-24-21-18-15-12-9-3)62(61-73-75(70,71)72-60-59-67(4,5)6)66-64(68)57-54-51-48-45-42-39-37-35-30-28-26-23-20-17-14-11-8-2/h19-20,22-23,27-30,37,39,45,48,53,56,62-63H,7-18,21,24-26,31-36,38,40-44,46-47,49-52,54-55,57-61H2,1-6H3,(H-,66,68,70,71)/b22-19-,23-20-,29-27-,30-28-,39-37-,48-45-,56-53+. The highest BCUT2D eigenvalue weighted by atomic mass is 31.2. The van der Waals surface area contributed by atoms with Gasteiger partial charge in [0.1, 0.15) is 19.3 Å². The number of rotatable bonds is 55. The van der Waals surface area contributed by atoms with Crippen LogP contribution in [0, 0.1) is 0 Å². The van der Waals surface area contributed by atoms with E-state index in [-0.39, 0.29) is 31.3 Å². The molecule has 75 heavy (non-hydrogen) atoms. The van der Waals surface area contributed by atoms with E-state index in [9.17, 15) is 19.0 Å². The van der Waals surface area contributed by atoms with Crippen LogP contribution in [-0.4, -0.2) is 69.4 Å². The van der Waals surface area contributed by atoms with Crippen molar-refractivity contribution in [3.63, 3.8) is 0 Å². The summed E-state index contributed by atoms with van der Waals surface area (Å²) in [4.78, 5) is 39.9. The van der Waals surface area contributed by atoms with E-state index >= 15 is 0 Å². The summed E-state index contributed by atoms with van der Waals surface area (Å²) < 4.78 is 30.2. The van der Waals surface area contributed by atoms with Crippen LogP contribution in [0.5, 0.6) is 0 Å². The van der Waals surface area contributed by atoms with Gasteiger partial charge in [-0.15, -0.1) is 0 Å². The molecule has 0 aliphatic rings. The number of nitrogens with zero attached hydrogens (tertiary/aromatic N) is 1. The highest BCUT2D eigenvalue weighted by molar-refractivity contribution is 7.45. The van der Waals surface area contributed by atoms with Crippen LogP contribution in [0.25, 0.3) is 0 Å². The predicted octanol–water partition coefficient (Wildman–Crippen LogP) is 18.4. The van der Waals surface area contributed by atoms with Crippen molar-refractivity contribution in [3.8, 4) is 0 Å². The van der Waals surface area contributed by atoms with Gasteiger partial charge >= 0.3 is 5.97 Å². The number of hydrogen-bond acceptors (Lipinski definition) is 7. The number of allylic oxidation sites excluding steroid dienone is 13. The number of likely N-dealkylation sites (N-methyl/N-ethyl adjacent to an activating group) is 1. The van der Waals surface area contributed by atoms with Crippen molar-refractivity contribution in [1.29, 1.82) is 0 Å². The molecule has 434 valence electrons. The molecule has 0 bridgehead atoms. The molecule has 0 radical (unpaired) electrons. The number of ether oxygens (including phenoxy) is 1. The number of quaternary nitrogens is 1. The van der Waals surface area contributed by atoms with Crippen LogP contribution in [0.4, 0.5) is 0 Å². The summed E-state index contributed by atoms with van der Waals surface area (Å²) in [6.07, 6.45) is 71.3. The van der Waals surface area contributed by atoms with E-state index in [2.05, 4.69) is 99.0 Å². The van der Waals surface area contributed by atoms with E-state index < -0.39 is 26.6 Å². The molecule has 0 aromatic carbocycles. The Morgan fingerprint density at radius 1 is 0.467 bits per heavy atom. The lowest BCUT2D eigenvalue weighted by Gasteiger charge is -2.30. The SMILES string of the molecule is CCCCC/C=C\C/C=C\C/C=C\C/C=C\CCCC(=O)NC(COP(=O)([O-])OCC[N+](C)(C)C)C(/C=C/CCCCCCCCCCC)OC(=O)CCCCCCCCCCCCC/C=C\C/C=C\CCCCC. The molecule has 0 spiro atoms. The Morgan fingerprint density at radius 2 is 0.827 bits per heavy atom. The second-order valence-corrected chi connectivity index (χ2v) is 23.3. The number of hydrogen-bond donors (Lipinski definition) is 1. The van der Waals surface area contributed by atoms with Crippen LogP contribution >= 0.6 is 7.82 Å². The first-order valence-electron chi connectivity index (χ1n) is 30.9. The molecule has 9 nitrogen and oxygen atoms in total. The summed E-state index contributed by atoms with van der Waals surface area (Å²) in [6, 6.07) is -0.921. The number of phosphoric ester groups is 1. The minimum atomic E-state index is -4.71. The molecule has 0 fully saturated rings. The first-order valence-corrected chi connectivity index (χ1v) is 32.4. The van der Waals surface area contributed by atoms with Crippen molar-refractivity contribution in [2.75, 3.05) is 40.9 Å². The average Bonchev–Trinajstić information content (AvgIpc) is 3.37. The molecule has 3 unspecified atom stereocenters. The molecule has 0 saturated heterocycles. The van der Waals surface area contributed by atoms with E-state index in [4.69, 9.17) is 13.8 Å². The third kappa shape index (κ3) is 55.7. The highest BCUT2D eigenvalue weighted by Gasteiger charge is 2.27. The Kier molecular flexibility index (Phi) is 52.5. The molecule has 10 heteroatoms. The largest absolute Gasteiger partial charge is 0.756 e. The molecule has 1 N–H and O–H groups in total. The third-order valence-corrected chi connectivity index (χ3v) is 14.3. The van der Waals surface area contributed by atoms with Crippen molar-refractivity contribution in [3.05, 3.63) is 85.1 Å². The van der Waals surface area contributed by atoms with Gasteiger partial charge < -0.3 is 28.5 Å². The van der Waals surface area contributed by atoms with Gasteiger partial charge in [0.2, 0.25) is 5.91 Å². The number of unbranched alkanes of at least 4 members (excludes halogenated alkanes) is 27. The Balaban J connectivity index is 5.28. The number of amides is 1. The zero-order valence-corrected chi connectivity index (χ0v) is 50.4. The van der Waals surface area contributed by atoms with Crippen molar-refractivity contribution < 1.29 is 37.3 Å². The quantitative estimate of drug-likeness (QED) is 0.0212. The first-order chi connectivity index (χ1) is 36.4. The van der Waals surface area contributed by atoms with Crippen LogP contribution in [0.2, 0.25) is 0 Å². The van der Waals surface area contributed by atoms with E-state index in [1.165, 1.54) is 148 Å². The Morgan fingerprint density at radius 3 is 1.27 bits per heavy atom. The zero-order chi connectivity index (χ0) is 55.0. The molecule has 0 aromatic heterocycles. The molecule has 0 rings (SSSR count). The molecule has 0 aromatic rings. The summed E-state index contributed by atoms with van der Waals surface area (Å²) in [5, 5.41) is 2.99. The molecular weight excluding hydrogens is 952 g/mol. The summed E-state index contributed by atoms with van der Waals surface area (Å²) >= 11 is 0. The molecule has 0 aliphatic heterocycles. The third-order valence-electron chi connectivity index (χ3n) is 13.3. The highest BCUT2D eigenvalue weighted by Crippen LogP contribution is 2.38. The monoisotopic (exact) mass is 1070 g/mol. The van der Waals surface area contributed by atoms with Gasteiger partial charge in [0.15, 0.2) is 0 Å². The summed E-state index contributed by atoms with van der Waals surface area (Å²) in [6.45, 7) is 6.74. The number of carbonyl (C=O) groups is 2. The topological polar surface area (TPSA) is 114 Å². The summed E-state index contributed by atoms with van der Waals surface area (Å²) in [5.74, 6) is -0.610. The molecule has 0 saturated carbocycles. The van der Waals surface area contributed by atoms with Crippen molar-refractivity contribution in [1.82, 2.24) is 5.32 Å². The Labute approximate surface area is 463 Å². The van der Waals surface area contributed by atoms with Gasteiger partial charge in [-0.2, -0.15) is 0 Å². The zero-order valence-electron chi connectivity index (χ0n) is 49.5. The van der Waals surface area contributed by atoms with Gasteiger partial charge in [-0.25, -0.2) is 0 Å². The van der Waals surface area contributed by atoms with Gasteiger partial charge in [-0.3, -0.25) is 14.2 Å². The maximum absolute atomic E-state index is 13.5. The number of carbonyl (C=O) groups excluding carboxylic acids is 2. The lowest BCUT2D eigenvalue weighted by Crippen LogP contribution is -2.47. The average molecular weight is 1070 g/mol. The van der Waals surface area contributed by atoms with Crippen molar-refractivity contribution in [2.45, 2.75) is 277 Å². The molecule has 0 aliphatic carbocycles. The molecule has 0 heterocycles. The minimum Gasteiger partial charge on any atom is -0.756 e.